The van der Waals surface area contributed by atoms with Gasteiger partial charge in [0.05, 0.1) is 3.57 Å². The van der Waals surface area contributed by atoms with Crippen LogP contribution in [0.5, 0.6) is 0 Å². The van der Waals surface area contributed by atoms with Crippen molar-refractivity contribution in [3.8, 4) is 0 Å². The van der Waals surface area contributed by atoms with Crippen LogP contribution in [-0.2, 0) is 6.54 Å². The lowest BCUT2D eigenvalue weighted by atomic mass is 9.85. The second-order valence-corrected chi connectivity index (χ2v) is 4.77. The summed E-state index contributed by atoms with van der Waals surface area (Å²) in [6.07, 6.45) is 5.81. The number of nitrogens with zero attached hydrogens (tertiary/aromatic N) is 1. The van der Waals surface area contributed by atoms with E-state index in [1.54, 1.807) is 0 Å². The zero-order chi connectivity index (χ0) is 9.26. The molecular weight excluding hydrogens is 277 g/mol. The smallest absolute Gasteiger partial charge is 0.263 e. The van der Waals surface area contributed by atoms with Crippen molar-refractivity contribution in [2.24, 2.45) is 5.92 Å². The Labute approximate surface area is 91.1 Å². The van der Waals surface area contributed by atoms with Gasteiger partial charge in [-0.2, -0.15) is 0 Å². The molecular formula is C10H12INO. The highest BCUT2D eigenvalue weighted by Gasteiger charge is 2.18. The van der Waals surface area contributed by atoms with Gasteiger partial charge in [0, 0.05) is 12.7 Å². The number of aromatic nitrogens is 1. The maximum absolute atomic E-state index is 11.6. The molecule has 1 heterocycles. The molecule has 1 aliphatic carbocycles. The van der Waals surface area contributed by atoms with Crippen LogP contribution >= 0.6 is 22.6 Å². The zero-order valence-electron chi connectivity index (χ0n) is 7.37. The van der Waals surface area contributed by atoms with Gasteiger partial charge in [-0.3, -0.25) is 4.79 Å². The Kier molecular flexibility index (Phi) is 2.71. The summed E-state index contributed by atoms with van der Waals surface area (Å²) < 4.78 is 2.66. The summed E-state index contributed by atoms with van der Waals surface area (Å²) >= 11 is 2.09. The van der Waals surface area contributed by atoms with Crippen molar-refractivity contribution in [2.75, 3.05) is 0 Å². The van der Waals surface area contributed by atoms with Gasteiger partial charge < -0.3 is 4.57 Å². The first-order valence-electron chi connectivity index (χ1n) is 4.62. The number of hydrogen-bond donors (Lipinski definition) is 0. The van der Waals surface area contributed by atoms with E-state index in [9.17, 15) is 4.79 Å². The Morgan fingerprint density at radius 1 is 1.54 bits per heavy atom. The Morgan fingerprint density at radius 3 is 2.92 bits per heavy atom. The van der Waals surface area contributed by atoms with Gasteiger partial charge in [-0.15, -0.1) is 0 Å². The van der Waals surface area contributed by atoms with Gasteiger partial charge in [0.25, 0.3) is 5.56 Å². The third-order valence-corrected chi connectivity index (χ3v) is 3.47. The molecule has 0 amide bonds. The quantitative estimate of drug-likeness (QED) is 0.765. The molecule has 3 heteroatoms. The molecule has 0 bridgehead atoms. The molecule has 1 saturated carbocycles. The minimum atomic E-state index is 0.162. The molecule has 1 aromatic heterocycles. The first-order chi connectivity index (χ1) is 6.27. The number of pyridine rings is 1. The summed E-state index contributed by atoms with van der Waals surface area (Å²) in [4.78, 5) is 11.6. The van der Waals surface area contributed by atoms with Gasteiger partial charge in [-0.05, 0) is 53.5 Å². The summed E-state index contributed by atoms with van der Waals surface area (Å²) in [5.41, 5.74) is 0.162. The van der Waals surface area contributed by atoms with Gasteiger partial charge in [0.15, 0.2) is 0 Å². The van der Waals surface area contributed by atoms with Crippen molar-refractivity contribution < 1.29 is 0 Å². The van der Waals surface area contributed by atoms with Gasteiger partial charge in [0.2, 0.25) is 0 Å². The molecule has 13 heavy (non-hydrogen) atoms. The molecule has 1 aliphatic rings. The molecule has 2 nitrogen and oxygen atoms in total. The van der Waals surface area contributed by atoms with Crippen molar-refractivity contribution >= 4 is 22.6 Å². The van der Waals surface area contributed by atoms with Crippen LogP contribution in [0, 0.1) is 9.49 Å². The van der Waals surface area contributed by atoms with E-state index >= 15 is 0 Å². The van der Waals surface area contributed by atoms with Crippen LogP contribution in [0.2, 0.25) is 0 Å². The minimum Gasteiger partial charge on any atom is -0.314 e. The van der Waals surface area contributed by atoms with Crippen LogP contribution in [-0.4, -0.2) is 4.57 Å². The molecule has 2 rings (SSSR count). The minimum absolute atomic E-state index is 0.162. The molecule has 0 unspecified atom stereocenters. The Balaban J connectivity index is 2.19. The van der Waals surface area contributed by atoms with Gasteiger partial charge >= 0.3 is 0 Å². The lowest BCUT2D eigenvalue weighted by Crippen LogP contribution is -2.27. The van der Waals surface area contributed by atoms with E-state index in [0.717, 1.165) is 16.0 Å². The highest BCUT2D eigenvalue weighted by molar-refractivity contribution is 14.1. The van der Waals surface area contributed by atoms with E-state index in [1.807, 2.05) is 22.9 Å². The van der Waals surface area contributed by atoms with Crippen LogP contribution in [0.25, 0.3) is 0 Å². The fourth-order valence-electron chi connectivity index (χ4n) is 1.60. The maximum atomic E-state index is 11.6. The molecule has 0 aromatic carbocycles. The second-order valence-electron chi connectivity index (χ2n) is 3.61. The van der Waals surface area contributed by atoms with E-state index in [1.165, 1.54) is 19.3 Å². The van der Waals surface area contributed by atoms with E-state index < -0.39 is 0 Å². The van der Waals surface area contributed by atoms with Crippen molar-refractivity contribution in [3.05, 3.63) is 32.3 Å². The molecule has 0 spiro atoms. The highest BCUT2D eigenvalue weighted by atomic mass is 127. The Bertz CT molecular complexity index is 354. The average Bonchev–Trinajstić information content (AvgIpc) is 2.04. The molecule has 0 N–H and O–H groups in total. The standard InChI is InChI=1S/C10H12INO/c11-9-5-2-6-12(10(9)13)7-8-3-1-4-8/h2,5-6,8H,1,3-4,7H2. The fourth-order valence-corrected chi connectivity index (χ4v) is 2.12. The van der Waals surface area contributed by atoms with Gasteiger partial charge in [-0.25, -0.2) is 0 Å². The summed E-state index contributed by atoms with van der Waals surface area (Å²) in [5, 5.41) is 0. The predicted molar refractivity (Wildman–Crippen MR) is 60.8 cm³/mol. The lowest BCUT2D eigenvalue weighted by Gasteiger charge is -2.25. The van der Waals surface area contributed by atoms with E-state index in [2.05, 4.69) is 22.6 Å². The first kappa shape index (κ1) is 9.24. The van der Waals surface area contributed by atoms with E-state index in [4.69, 9.17) is 0 Å². The summed E-state index contributed by atoms with van der Waals surface area (Å²) in [6, 6.07) is 3.81. The van der Waals surface area contributed by atoms with Crippen molar-refractivity contribution in [1.29, 1.82) is 0 Å². The largest absolute Gasteiger partial charge is 0.314 e. The maximum Gasteiger partial charge on any atom is 0.263 e. The van der Waals surface area contributed by atoms with Gasteiger partial charge in [-0.1, -0.05) is 6.42 Å². The van der Waals surface area contributed by atoms with E-state index in [-0.39, 0.29) is 5.56 Å². The topological polar surface area (TPSA) is 22.0 Å². The number of hydrogen-bond acceptors (Lipinski definition) is 1. The van der Waals surface area contributed by atoms with Crippen LogP contribution in [0.15, 0.2) is 23.1 Å². The third kappa shape index (κ3) is 1.95. The first-order valence-corrected chi connectivity index (χ1v) is 5.70. The predicted octanol–water partition coefficient (Wildman–Crippen LogP) is 2.25. The van der Waals surface area contributed by atoms with Crippen molar-refractivity contribution in [3.63, 3.8) is 0 Å². The monoisotopic (exact) mass is 289 g/mol. The normalized spacial score (nSPS) is 17.0. The van der Waals surface area contributed by atoms with Crippen molar-refractivity contribution in [2.45, 2.75) is 25.8 Å². The number of halogens is 1. The van der Waals surface area contributed by atoms with Crippen molar-refractivity contribution in [1.82, 2.24) is 4.57 Å². The summed E-state index contributed by atoms with van der Waals surface area (Å²) in [7, 11) is 0. The average molecular weight is 289 g/mol. The molecule has 0 radical (unpaired) electrons. The van der Waals surface area contributed by atoms with E-state index in [0.29, 0.717) is 0 Å². The van der Waals surface area contributed by atoms with Crippen LogP contribution < -0.4 is 5.56 Å². The molecule has 1 fully saturated rings. The third-order valence-electron chi connectivity index (χ3n) is 2.65. The summed E-state index contributed by atoms with van der Waals surface area (Å²) in [5.74, 6) is 0.746. The second kappa shape index (κ2) is 3.82. The molecule has 1 aromatic rings. The SMILES string of the molecule is O=c1c(I)cccn1CC1CCC1. The molecule has 0 saturated heterocycles. The van der Waals surface area contributed by atoms with Gasteiger partial charge in [0.1, 0.15) is 0 Å². The number of rotatable bonds is 2. The fraction of sp³-hybridized carbons (Fsp3) is 0.500. The summed E-state index contributed by atoms with van der Waals surface area (Å²) in [6.45, 7) is 0.912. The van der Waals surface area contributed by atoms with Crippen LogP contribution in [0.1, 0.15) is 19.3 Å². The van der Waals surface area contributed by atoms with Crippen LogP contribution in [0.4, 0.5) is 0 Å². The Morgan fingerprint density at radius 2 is 2.31 bits per heavy atom. The highest BCUT2D eigenvalue weighted by Crippen LogP contribution is 2.27. The molecule has 70 valence electrons. The lowest BCUT2D eigenvalue weighted by molar-refractivity contribution is 0.273. The van der Waals surface area contributed by atoms with Crippen LogP contribution in [0.3, 0.4) is 0 Å². The molecule has 0 atom stereocenters. The zero-order valence-corrected chi connectivity index (χ0v) is 9.53. The Hall–Kier alpha value is -0.320. The molecule has 0 aliphatic heterocycles.